The van der Waals surface area contributed by atoms with Crippen molar-refractivity contribution in [3.05, 3.63) is 0 Å². The highest BCUT2D eigenvalue weighted by atomic mass is 32.1. The van der Waals surface area contributed by atoms with Gasteiger partial charge < -0.3 is 4.57 Å². The van der Waals surface area contributed by atoms with E-state index < -0.39 is 8.24 Å². The zero-order chi connectivity index (χ0) is 12.2. The van der Waals surface area contributed by atoms with Crippen LogP contribution in [0.5, 0.6) is 0 Å². The van der Waals surface area contributed by atoms with E-state index in [1.165, 1.54) is 25.6 Å². The quantitative estimate of drug-likeness (QED) is 0.584. The highest BCUT2D eigenvalue weighted by molar-refractivity contribution is 7.96. The Balaban J connectivity index is 2.27. The van der Waals surface area contributed by atoms with Crippen molar-refractivity contribution in [1.29, 1.82) is 0 Å². The molecule has 0 spiro atoms. The molecule has 1 heterocycles. The third kappa shape index (κ3) is 3.89. The van der Waals surface area contributed by atoms with Gasteiger partial charge in [0.15, 0.2) is 5.12 Å². The second kappa shape index (κ2) is 6.22. The van der Waals surface area contributed by atoms with Crippen LogP contribution < -0.4 is 0 Å². The first kappa shape index (κ1) is 14.3. The van der Waals surface area contributed by atoms with E-state index in [-0.39, 0.29) is 11.0 Å². The Morgan fingerprint density at radius 3 is 2.62 bits per heavy atom. The summed E-state index contributed by atoms with van der Waals surface area (Å²) in [7, 11) is -1.05. The van der Waals surface area contributed by atoms with Crippen LogP contribution in [0.1, 0.15) is 32.6 Å². The van der Waals surface area contributed by atoms with Crippen molar-refractivity contribution in [2.75, 3.05) is 13.1 Å². The first-order valence-electron chi connectivity index (χ1n) is 6.45. The van der Waals surface area contributed by atoms with Crippen LogP contribution >= 0.6 is 12.6 Å². The largest absolute Gasteiger partial charge is 0.324 e. The molecule has 0 aromatic heterocycles. The maximum Gasteiger partial charge on any atom is 0.188 e. The SMILES string of the molecule is CCC(CCCN1CCC[Si]1(C)C)C(=O)S. The highest BCUT2D eigenvalue weighted by Crippen LogP contribution is 2.26. The van der Waals surface area contributed by atoms with Gasteiger partial charge in [-0.15, -0.1) is 12.6 Å². The Morgan fingerprint density at radius 2 is 2.19 bits per heavy atom. The average molecular weight is 259 g/mol. The van der Waals surface area contributed by atoms with Crippen LogP contribution in [0.3, 0.4) is 0 Å². The number of nitrogens with zero attached hydrogens (tertiary/aromatic N) is 1. The molecule has 1 unspecified atom stereocenters. The third-order valence-electron chi connectivity index (χ3n) is 3.90. The van der Waals surface area contributed by atoms with Crippen molar-refractivity contribution < 1.29 is 4.79 Å². The molecular formula is C12H25NOSSi. The van der Waals surface area contributed by atoms with E-state index in [9.17, 15) is 4.79 Å². The number of hydrogen-bond donors (Lipinski definition) is 1. The molecule has 2 nitrogen and oxygen atoms in total. The van der Waals surface area contributed by atoms with Crippen LogP contribution in [-0.2, 0) is 4.79 Å². The van der Waals surface area contributed by atoms with Gasteiger partial charge in [-0.3, -0.25) is 4.79 Å². The van der Waals surface area contributed by atoms with Crippen molar-refractivity contribution in [3.63, 3.8) is 0 Å². The molecule has 1 fully saturated rings. The van der Waals surface area contributed by atoms with Crippen molar-refractivity contribution in [3.8, 4) is 0 Å². The van der Waals surface area contributed by atoms with E-state index in [1.54, 1.807) is 0 Å². The Kier molecular flexibility index (Phi) is 5.54. The molecule has 1 atom stereocenters. The fraction of sp³-hybridized carbons (Fsp3) is 0.917. The van der Waals surface area contributed by atoms with Crippen LogP contribution in [0, 0.1) is 5.92 Å². The van der Waals surface area contributed by atoms with Crippen molar-refractivity contribution in [2.45, 2.75) is 51.7 Å². The number of hydrogen-bond acceptors (Lipinski definition) is 2. The number of carbonyl (C=O) groups is 1. The summed E-state index contributed by atoms with van der Waals surface area (Å²) < 4.78 is 2.70. The summed E-state index contributed by atoms with van der Waals surface area (Å²) in [6, 6.07) is 1.44. The molecule has 1 aliphatic rings. The normalized spacial score (nSPS) is 22.2. The minimum Gasteiger partial charge on any atom is -0.324 e. The first-order valence-corrected chi connectivity index (χ1v) is 10.1. The predicted octanol–water partition coefficient (Wildman–Crippen LogP) is 3.16. The number of carbonyl (C=O) groups excluding carboxylic acids is 1. The van der Waals surface area contributed by atoms with Gasteiger partial charge >= 0.3 is 0 Å². The third-order valence-corrected chi connectivity index (χ3v) is 8.00. The molecule has 1 rings (SSSR count). The topological polar surface area (TPSA) is 20.3 Å². The molecule has 16 heavy (non-hydrogen) atoms. The average Bonchev–Trinajstić information content (AvgIpc) is 2.52. The Bertz CT molecular complexity index is 245. The lowest BCUT2D eigenvalue weighted by atomic mass is 10.0. The summed E-state index contributed by atoms with van der Waals surface area (Å²) in [4.78, 5) is 11.2. The van der Waals surface area contributed by atoms with Gasteiger partial charge in [0.1, 0.15) is 8.24 Å². The van der Waals surface area contributed by atoms with Crippen LogP contribution in [-0.4, -0.2) is 31.0 Å². The summed E-state index contributed by atoms with van der Waals surface area (Å²) in [5, 5.41) is 0.0698. The van der Waals surface area contributed by atoms with Crippen LogP contribution in [0.4, 0.5) is 0 Å². The number of thiol groups is 1. The van der Waals surface area contributed by atoms with Gasteiger partial charge in [0.25, 0.3) is 0 Å². The minimum absolute atomic E-state index is 0.0698. The monoisotopic (exact) mass is 259 g/mol. The molecule has 0 radical (unpaired) electrons. The molecule has 0 bridgehead atoms. The van der Waals surface area contributed by atoms with Crippen LogP contribution in [0.15, 0.2) is 0 Å². The molecule has 1 aliphatic heterocycles. The smallest absolute Gasteiger partial charge is 0.188 e. The van der Waals surface area contributed by atoms with E-state index in [0.717, 1.165) is 19.3 Å². The zero-order valence-electron chi connectivity index (χ0n) is 10.8. The van der Waals surface area contributed by atoms with E-state index in [1.807, 2.05) is 0 Å². The lowest BCUT2D eigenvalue weighted by Gasteiger charge is -2.29. The molecule has 94 valence electrons. The summed E-state index contributed by atoms with van der Waals surface area (Å²) in [5.41, 5.74) is 0. The van der Waals surface area contributed by atoms with E-state index >= 15 is 0 Å². The maximum atomic E-state index is 11.2. The van der Waals surface area contributed by atoms with Gasteiger partial charge in [-0.1, -0.05) is 20.0 Å². The van der Waals surface area contributed by atoms with Gasteiger partial charge in [-0.2, -0.15) is 0 Å². The second-order valence-electron chi connectivity index (χ2n) is 5.49. The summed E-state index contributed by atoms with van der Waals surface area (Å²) in [6.07, 6.45) is 4.48. The molecule has 0 saturated carbocycles. The summed E-state index contributed by atoms with van der Waals surface area (Å²) in [5.74, 6) is 0.177. The van der Waals surface area contributed by atoms with E-state index in [4.69, 9.17) is 0 Å². The Hall–Kier alpha value is 0.197. The van der Waals surface area contributed by atoms with Gasteiger partial charge in [0, 0.05) is 5.92 Å². The Labute approximate surface area is 106 Å². The maximum absolute atomic E-state index is 11.2. The van der Waals surface area contributed by atoms with Gasteiger partial charge in [-0.25, -0.2) is 0 Å². The zero-order valence-corrected chi connectivity index (χ0v) is 12.7. The lowest BCUT2D eigenvalue weighted by Crippen LogP contribution is -2.43. The van der Waals surface area contributed by atoms with E-state index in [0.29, 0.717) is 0 Å². The molecule has 4 heteroatoms. The van der Waals surface area contributed by atoms with Crippen molar-refractivity contribution >= 4 is 26.0 Å². The van der Waals surface area contributed by atoms with Gasteiger partial charge in [0.2, 0.25) is 0 Å². The molecule has 1 saturated heterocycles. The molecule has 0 N–H and O–H groups in total. The minimum atomic E-state index is -1.05. The summed E-state index contributed by atoms with van der Waals surface area (Å²) in [6.45, 7) is 9.47. The first-order chi connectivity index (χ1) is 7.47. The molecular weight excluding hydrogens is 234 g/mol. The molecule has 0 amide bonds. The van der Waals surface area contributed by atoms with Crippen molar-refractivity contribution in [1.82, 2.24) is 4.57 Å². The molecule has 0 aromatic carbocycles. The highest BCUT2D eigenvalue weighted by Gasteiger charge is 2.33. The second-order valence-corrected chi connectivity index (χ2v) is 10.7. The standard InChI is InChI=1S/C12H25NOSSi/c1-4-11(12(14)15)7-5-8-13-9-6-10-16(13,2)3/h11H,4-10H2,1-3H3,(H,14,15). The molecule has 0 aromatic rings. The number of rotatable bonds is 6. The van der Waals surface area contributed by atoms with Crippen LogP contribution in [0.2, 0.25) is 19.1 Å². The van der Waals surface area contributed by atoms with Crippen molar-refractivity contribution in [2.24, 2.45) is 5.92 Å². The lowest BCUT2D eigenvalue weighted by molar-refractivity contribution is -0.114. The predicted molar refractivity (Wildman–Crippen MR) is 75.5 cm³/mol. The fourth-order valence-electron chi connectivity index (χ4n) is 2.61. The fourth-order valence-corrected chi connectivity index (χ4v) is 5.79. The van der Waals surface area contributed by atoms with Crippen LogP contribution in [0.25, 0.3) is 0 Å². The van der Waals surface area contributed by atoms with Gasteiger partial charge in [-0.05, 0) is 44.8 Å². The Morgan fingerprint density at radius 1 is 1.50 bits per heavy atom. The summed E-state index contributed by atoms with van der Waals surface area (Å²) >= 11 is 3.95. The van der Waals surface area contributed by atoms with E-state index in [2.05, 4.69) is 37.2 Å². The van der Waals surface area contributed by atoms with Gasteiger partial charge in [0.05, 0.1) is 0 Å². The molecule has 0 aliphatic carbocycles.